The van der Waals surface area contributed by atoms with Crippen molar-refractivity contribution in [1.82, 2.24) is 15.2 Å². The number of thiophene rings is 1. The van der Waals surface area contributed by atoms with Crippen molar-refractivity contribution in [3.63, 3.8) is 0 Å². The first-order valence-electron chi connectivity index (χ1n) is 9.59. The molecule has 160 valence electrons. The molecule has 30 heavy (non-hydrogen) atoms. The smallest absolute Gasteiger partial charge is 0.236 e. The normalized spacial score (nSPS) is 14.4. The number of guanidine groups is 1. The highest BCUT2D eigenvalue weighted by Gasteiger charge is 2.20. The van der Waals surface area contributed by atoms with Crippen LogP contribution in [0.3, 0.4) is 0 Å². The molecule has 3 heterocycles. The summed E-state index contributed by atoms with van der Waals surface area (Å²) in [6.07, 6.45) is 1.70. The molecule has 3 aromatic rings. The van der Waals surface area contributed by atoms with E-state index in [1.165, 1.54) is 5.69 Å². The quantitative estimate of drug-likeness (QED) is 0.301. The first-order valence-corrected chi connectivity index (χ1v) is 10.5. The van der Waals surface area contributed by atoms with Gasteiger partial charge in [0.05, 0.1) is 24.2 Å². The third kappa shape index (κ3) is 5.25. The number of aliphatic imine (C=N–C) groups is 1. The lowest BCUT2D eigenvalue weighted by Gasteiger charge is -2.37. The molecule has 2 aromatic heterocycles. The first kappa shape index (κ1) is 22.4. The number of oxazole rings is 1. The average Bonchev–Trinajstić information content (AvgIpc) is 3.47. The largest absolute Gasteiger partial charge is 0.497 e. The van der Waals surface area contributed by atoms with E-state index in [2.05, 4.69) is 37.2 Å². The fraction of sp³-hybridized carbons (Fsp3) is 0.333. The summed E-state index contributed by atoms with van der Waals surface area (Å²) in [6, 6.07) is 12.2. The van der Waals surface area contributed by atoms with Crippen LogP contribution in [0.1, 0.15) is 5.69 Å². The zero-order chi connectivity index (χ0) is 20.1. The zero-order valence-electron chi connectivity index (χ0n) is 17.1. The molecule has 0 amide bonds. The number of rotatable bonds is 5. The number of ether oxygens (including phenoxy) is 1. The van der Waals surface area contributed by atoms with Crippen molar-refractivity contribution in [2.75, 3.05) is 45.2 Å². The molecule has 1 aliphatic rings. The SMILES string of the molecule is CN=C(NCc1coc(-c2cccs2)n1)N1CCN(c2cccc(OC)c2)CC1.I. The lowest BCUT2D eigenvalue weighted by molar-refractivity contribution is 0.371. The summed E-state index contributed by atoms with van der Waals surface area (Å²) in [5, 5.41) is 5.42. The topological polar surface area (TPSA) is 66.1 Å². The summed E-state index contributed by atoms with van der Waals surface area (Å²) in [4.78, 5) is 14.7. The van der Waals surface area contributed by atoms with Gasteiger partial charge in [0.15, 0.2) is 5.96 Å². The maximum Gasteiger partial charge on any atom is 0.236 e. The number of hydrogen-bond acceptors (Lipinski definition) is 6. The minimum atomic E-state index is 0. The molecule has 0 unspecified atom stereocenters. The van der Waals surface area contributed by atoms with E-state index in [1.807, 2.05) is 36.7 Å². The van der Waals surface area contributed by atoms with Gasteiger partial charge in [0, 0.05) is 45.0 Å². The van der Waals surface area contributed by atoms with Crippen molar-refractivity contribution in [1.29, 1.82) is 0 Å². The molecule has 0 saturated carbocycles. The van der Waals surface area contributed by atoms with Gasteiger partial charge in [0.25, 0.3) is 0 Å². The van der Waals surface area contributed by atoms with Crippen molar-refractivity contribution in [2.24, 2.45) is 4.99 Å². The Hall–Kier alpha value is -2.27. The molecule has 0 radical (unpaired) electrons. The first-order chi connectivity index (χ1) is 14.3. The number of methoxy groups -OCH3 is 1. The van der Waals surface area contributed by atoms with E-state index < -0.39 is 0 Å². The monoisotopic (exact) mass is 539 g/mol. The summed E-state index contributed by atoms with van der Waals surface area (Å²) in [7, 11) is 3.52. The molecule has 0 bridgehead atoms. The van der Waals surface area contributed by atoms with Gasteiger partial charge in [-0.3, -0.25) is 4.99 Å². The molecule has 1 aliphatic heterocycles. The van der Waals surface area contributed by atoms with Crippen LogP contribution >= 0.6 is 35.3 Å². The van der Waals surface area contributed by atoms with Crippen LogP contribution in [0.4, 0.5) is 5.69 Å². The minimum Gasteiger partial charge on any atom is -0.497 e. The lowest BCUT2D eigenvalue weighted by atomic mass is 10.2. The number of nitrogens with one attached hydrogen (secondary N) is 1. The second-order valence-electron chi connectivity index (χ2n) is 6.70. The fourth-order valence-corrected chi connectivity index (χ4v) is 4.04. The van der Waals surface area contributed by atoms with E-state index in [0.29, 0.717) is 12.4 Å². The van der Waals surface area contributed by atoms with Crippen molar-refractivity contribution in [3.05, 3.63) is 53.7 Å². The third-order valence-electron chi connectivity index (χ3n) is 4.92. The van der Waals surface area contributed by atoms with Crippen molar-refractivity contribution in [2.45, 2.75) is 6.54 Å². The van der Waals surface area contributed by atoms with E-state index in [9.17, 15) is 0 Å². The van der Waals surface area contributed by atoms with Gasteiger partial charge in [-0.1, -0.05) is 12.1 Å². The summed E-state index contributed by atoms with van der Waals surface area (Å²) < 4.78 is 10.9. The van der Waals surface area contributed by atoms with Gasteiger partial charge in [-0.05, 0) is 23.6 Å². The van der Waals surface area contributed by atoms with Gasteiger partial charge in [0.1, 0.15) is 12.0 Å². The van der Waals surface area contributed by atoms with Crippen molar-refractivity contribution in [3.8, 4) is 16.5 Å². The second-order valence-corrected chi connectivity index (χ2v) is 7.65. The number of halogens is 1. The Morgan fingerprint density at radius 2 is 2.07 bits per heavy atom. The molecule has 1 aromatic carbocycles. The molecule has 0 spiro atoms. The Kier molecular flexibility index (Phi) is 7.97. The fourth-order valence-electron chi connectivity index (χ4n) is 3.39. The molecule has 4 rings (SSSR count). The summed E-state index contributed by atoms with van der Waals surface area (Å²) in [5.41, 5.74) is 2.06. The van der Waals surface area contributed by atoms with Crippen LogP contribution in [0.25, 0.3) is 10.8 Å². The lowest BCUT2D eigenvalue weighted by Crippen LogP contribution is -2.52. The number of piperazine rings is 1. The number of hydrogen-bond donors (Lipinski definition) is 1. The van der Waals surface area contributed by atoms with Gasteiger partial charge < -0.3 is 24.3 Å². The van der Waals surface area contributed by atoms with Crippen LogP contribution in [0.2, 0.25) is 0 Å². The Morgan fingerprint density at radius 1 is 1.23 bits per heavy atom. The number of anilines is 1. The van der Waals surface area contributed by atoms with Crippen LogP contribution in [0.15, 0.2) is 57.5 Å². The predicted molar refractivity (Wildman–Crippen MR) is 132 cm³/mol. The highest BCUT2D eigenvalue weighted by atomic mass is 127. The zero-order valence-corrected chi connectivity index (χ0v) is 20.2. The second kappa shape index (κ2) is 10.7. The third-order valence-corrected chi connectivity index (χ3v) is 5.78. The van der Waals surface area contributed by atoms with E-state index in [0.717, 1.165) is 48.5 Å². The van der Waals surface area contributed by atoms with Crippen molar-refractivity contribution < 1.29 is 9.15 Å². The average molecular weight is 539 g/mol. The van der Waals surface area contributed by atoms with Crippen LogP contribution in [-0.4, -0.2) is 56.2 Å². The van der Waals surface area contributed by atoms with Gasteiger partial charge in [0.2, 0.25) is 5.89 Å². The predicted octanol–water partition coefficient (Wildman–Crippen LogP) is 3.93. The molecule has 1 N–H and O–H groups in total. The van der Waals surface area contributed by atoms with Gasteiger partial charge in [-0.2, -0.15) is 0 Å². The van der Waals surface area contributed by atoms with Gasteiger partial charge in [-0.15, -0.1) is 35.3 Å². The van der Waals surface area contributed by atoms with Crippen LogP contribution < -0.4 is 15.0 Å². The van der Waals surface area contributed by atoms with E-state index in [1.54, 1.807) is 24.7 Å². The molecule has 7 nitrogen and oxygen atoms in total. The summed E-state index contributed by atoms with van der Waals surface area (Å²) >= 11 is 1.62. The van der Waals surface area contributed by atoms with E-state index >= 15 is 0 Å². The van der Waals surface area contributed by atoms with E-state index in [-0.39, 0.29) is 24.0 Å². The Bertz CT molecular complexity index is 952. The standard InChI is InChI=1S/C21H25N5O2S.HI/c1-22-21(23-14-16-15-28-20(24-16)19-7-4-12-29-19)26-10-8-25(9-11-26)17-5-3-6-18(13-17)27-2;/h3-7,12-13,15H,8-11,14H2,1-2H3,(H,22,23);1H. The minimum absolute atomic E-state index is 0. The maximum atomic E-state index is 5.59. The maximum absolute atomic E-state index is 5.59. The van der Waals surface area contributed by atoms with Crippen molar-refractivity contribution >= 4 is 47.0 Å². The molecule has 1 fully saturated rings. The Balaban J connectivity index is 0.00000256. The molecule has 0 aliphatic carbocycles. The van der Waals surface area contributed by atoms with Crippen LogP contribution in [-0.2, 0) is 6.54 Å². The van der Waals surface area contributed by atoms with E-state index in [4.69, 9.17) is 9.15 Å². The van der Waals surface area contributed by atoms with Crippen LogP contribution in [0, 0.1) is 0 Å². The number of aromatic nitrogens is 1. The number of benzene rings is 1. The highest BCUT2D eigenvalue weighted by Crippen LogP contribution is 2.24. The van der Waals surface area contributed by atoms with Gasteiger partial charge >= 0.3 is 0 Å². The molecule has 1 saturated heterocycles. The van der Waals surface area contributed by atoms with Gasteiger partial charge in [-0.25, -0.2) is 4.98 Å². The van der Waals surface area contributed by atoms with Crippen LogP contribution in [0.5, 0.6) is 5.75 Å². The molecular formula is C21H26IN5O2S. The highest BCUT2D eigenvalue weighted by molar-refractivity contribution is 14.0. The Labute approximate surface area is 197 Å². The number of nitrogens with zero attached hydrogens (tertiary/aromatic N) is 4. The summed E-state index contributed by atoms with van der Waals surface area (Å²) in [5.74, 6) is 2.44. The Morgan fingerprint density at radius 3 is 2.77 bits per heavy atom. The molecule has 9 heteroatoms. The molecule has 0 atom stereocenters. The molecular weight excluding hydrogens is 513 g/mol. The summed E-state index contributed by atoms with van der Waals surface area (Å²) in [6.45, 7) is 4.24.